The lowest BCUT2D eigenvalue weighted by atomic mass is 10.2. The quantitative estimate of drug-likeness (QED) is 0.775. The maximum Gasteiger partial charge on any atom is 0.133 e. The Bertz CT molecular complexity index is 339. The molecule has 0 saturated carbocycles. The van der Waals surface area contributed by atoms with Crippen LogP contribution in [-0.4, -0.2) is 29.7 Å². The molecule has 1 saturated heterocycles. The van der Waals surface area contributed by atoms with Crippen LogP contribution in [-0.2, 0) is 11.2 Å². The van der Waals surface area contributed by atoms with Gasteiger partial charge in [-0.25, -0.2) is 9.97 Å². The fraction of sp³-hybridized carbons (Fsp3) is 0.600. The van der Waals surface area contributed by atoms with Crippen molar-refractivity contribution in [3.63, 3.8) is 0 Å². The number of rotatable bonds is 2. The molecule has 1 aromatic rings. The summed E-state index contributed by atoms with van der Waals surface area (Å²) in [6, 6.07) is 1.78. The highest BCUT2D eigenvalue weighted by Crippen LogP contribution is 2.19. The van der Waals surface area contributed by atoms with E-state index in [1.807, 2.05) is 6.92 Å². The highest BCUT2D eigenvalue weighted by atomic mass is 35.5. The van der Waals surface area contributed by atoms with Crippen LogP contribution in [0.2, 0.25) is 5.15 Å². The van der Waals surface area contributed by atoms with Gasteiger partial charge in [0.15, 0.2) is 0 Å². The minimum Gasteiger partial charge on any atom is -0.369 e. The Kier molecular flexibility index (Phi) is 3.51. The summed E-state index contributed by atoms with van der Waals surface area (Å²) in [5.41, 5.74) is 0.874. The van der Waals surface area contributed by atoms with Gasteiger partial charge in [0.25, 0.3) is 0 Å². The number of hydrogen-bond acceptors (Lipinski definition) is 4. The van der Waals surface area contributed by atoms with Gasteiger partial charge >= 0.3 is 0 Å². The molecule has 1 fully saturated rings. The van der Waals surface area contributed by atoms with E-state index in [9.17, 15) is 0 Å². The normalized spacial score (nSPS) is 21.6. The van der Waals surface area contributed by atoms with Crippen molar-refractivity contribution in [3.05, 3.63) is 22.7 Å². The van der Waals surface area contributed by atoms with E-state index in [0.29, 0.717) is 11.8 Å². The zero-order chi connectivity index (χ0) is 10.7. The summed E-state index contributed by atoms with van der Waals surface area (Å²) < 4.78 is 5.61. The van der Waals surface area contributed by atoms with E-state index in [-0.39, 0.29) is 6.10 Å². The van der Waals surface area contributed by atoms with Crippen molar-refractivity contribution >= 4 is 11.6 Å². The third kappa shape index (κ3) is 2.65. The standard InChI is InChI=1S/C10H14ClN3O/c1-2-10-13-7(5-9(11)14-10)8-6-12-3-4-15-8/h5,8,12H,2-4,6H2,1H3. The second kappa shape index (κ2) is 4.88. The summed E-state index contributed by atoms with van der Waals surface area (Å²) in [7, 11) is 0. The first-order chi connectivity index (χ1) is 7.29. The molecular formula is C10H14ClN3O. The van der Waals surface area contributed by atoms with E-state index in [1.54, 1.807) is 6.07 Å². The number of morpholine rings is 1. The zero-order valence-corrected chi connectivity index (χ0v) is 9.42. The fourth-order valence-electron chi connectivity index (χ4n) is 1.56. The molecule has 0 bridgehead atoms. The highest BCUT2D eigenvalue weighted by Gasteiger charge is 2.18. The molecule has 0 aliphatic carbocycles. The Labute approximate surface area is 94.0 Å². The minimum atomic E-state index is 0.00421. The van der Waals surface area contributed by atoms with Crippen molar-refractivity contribution in [1.82, 2.24) is 15.3 Å². The maximum atomic E-state index is 5.92. The van der Waals surface area contributed by atoms with Gasteiger partial charge in [-0.05, 0) is 6.07 Å². The zero-order valence-electron chi connectivity index (χ0n) is 8.66. The summed E-state index contributed by atoms with van der Waals surface area (Å²) in [6.45, 7) is 4.41. The van der Waals surface area contributed by atoms with Gasteiger partial charge < -0.3 is 10.1 Å². The van der Waals surface area contributed by atoms with Gasteiger partial charge in [-0.1, -0.05) is 18.5 Å². The third-order valence-electron chi connectivity index (χ3n) is 2.33. The van der Waals surface area contributed by atoms with Crippen molar-refractivity contribution < 1.29 is 4.74 Å². The summed E-state index contributed by atoms with van der Waals surface area (Å²) in [6.07, 6.45) is 0.790. The number of aromatic nitrogens is 2. The first kappa shape index (κ1) is 10.8. The van der Waals surface area contributed by atoms with Crippen molar-refractivity contribution in [2.75, 3.05) is 19.7 Å². The Balaban J connectivity index is 2.22. The molecule has 1 atom stereocenters. The van der Waals surface area contributed by atoms with Crippen molar-refractivity contribution in [1.29, 1.82) is 0 Å². The molecule has 0 aromatic carbocycles. The summed E-state index contributed by atoms with van der Waals surface area (Å²) >= 11 is 5.92. The smallest absolute Gasteiger partial charge is 0.133 e. The van der Waals surface area contributed by atoms with Crippen LogP contribution < -0.4 is 5.32 Å². The molecule has 2 heterocycles. The number of hydrogen-bond donors (Lipinski definition) is 1. The molecule has 1 aliphatic heterocycles. The van der Waals surface area contributed by atoms with E-state index in [2.05, 4.69) is 15.3 Å². The molecule has 0 spiro atoms. The Morgan fingerprint density at radius 3 is 3.13 bits per heavy atom. The van der Waals surface area contributed by atoms with Gasteiger partial charge in [-0.15, -0.1) is 0 Å². The van der Waals surface area contributed by atoms with Gasteiger partial charge in [0.05, 0.1) is 12.3 Å². The molecule has 5 heteroatoms. The van der Waals surface area contributed by atoms with Gasteiger partial charge in [-0.2, -0.15) is 0 Å². The van der Waals surface area contributed by atoms with Crippen molar-refractivity contribution in [2.45, 2.75) is 19.4 Å². The molecular weight excluding hydrogens is 214 g/mol. The molecule has 15 heavy (non-hydrogen) atoms. The maximum absolute atomic E-state index is 5.92. The van der Waals surface area contributed by atoms with E-state index in [4.69, 9.17) is 16.3 Å². The van der Waals surface area contributed by atoms with Gasteiger partial charge in [0.2, 0.25) is 0 Å². The van der Waals surface area contributed by atoms with Gasteiger partial charge in [0, 0.05) is 19.5 Å². The van der Waals surface area contributed by atoms with Crippen molar-refractivity contribution in [3.8, 4) is 0 Å². The number of aryl methyl sites for hydroxylation is 1. The van der Waals surface area contributed by atoms with Crippen LogP contribution in [0.15, 0.2) is 6.07 Å². The Hall–Kier alpha value is -0.710. The molecule has 0 amide bonds. The fourth-order valence-corrected chi connectivity index (χ4v) is 1.77. The molecule has 1 unspecified atom stereocenters. The van der Waals surface area contributed by atoms with Crippen LogP contribution in [0, 0.1) is 0 Å². The van der Waals surface area contributed by atoms with E-state index < -0.39 is 0 Å². The number of ether oxygens (including phenoxy) is 1. The van der Waals surface area contributed by atoms with Gasteiger partial charge in [-0.3, -0.25) is 0 Å². The second-order valence-electron chi connectivity index (χ2n) is 3.45. The molecule has 1 aliphatic rings. The molecule has 1 aromatic heterocycles. The van der Waals surface area contributed by atoms with E-state index in [0.717, 1.165) is 31.0 Å². The monoisotopic (exact) mass is 227 g/mol. The first-order valence-corrected chi connectivity index (χ1v) is 5.53. The minimum absolute atomic E-state index is 0.00421. The number of halogens is 1. The van der Waals surface area contributed by atoms with Crippen LogP contribution in [0.3, 0.4) is 0 Å². The van der Waals surface area contributed by atoms with Crippen molar-refractivity contribution in [2.24, 2.45) is 0 Å². The Morgan fingerprint density at radius 2 is 2.47 bits per heavy atom. The number of nitrogens with zero attached hydrogens (tertiary/aromatic N) is 2. The SMILES string of the molecule is CCc1nc(Cl)cc(C2CNCCO2)n1. The second-order valence-corrected chi connectivity index (χ2v) is 3.84. The van der Waals surface area contributed by atoms with Crippen LogP contribution in [0.25, 0.3) is 0 Å². The summed E-state index contributed by atoms with van der Waals surface area (Å²) in [4.78, 5) is 8.54. The topological polar surface area (TPSA) is 47.0 Å². The molecule has 82 valence electrons. The van der Waals surface area contributed by atoms with Crippen LogP contribution in [0.4, 0.5) is 0 Å². The Morgan fingerprint density at radius 1 is 1.60 bits per heavy atom. The van der Waals surface area contributed by atoms with Gasteiger partial charge in [0.1, 0.15) is 17.1 Å². The molecule has 4 nitrogen and oxygen atoms in total. The third-order valence-corrected chi connectivity index (χ3v) is 2.53. The first-order valence-electron chi connectivity index (χ1n) is 5.15. The van der Waals surface area contributed by atoms with Crippen LogP contribution >= 0.6 is 11.6 Å². The van der Waals surface area contributed by atoms with Crippen LogP contribution in [0.1, 0.15) is 24.5 Å². The molecule has 1 N–H and O–H groups in total. The lowest BCUT2D eigenvalue weighted by Crippen LogP contribution is -2.33. The van der Waals surface area contributed by atoms with E-state index >= 15 is 0 Å². The number of nitrogens with one attached hydrogen (secondary N) is 1. The summed E-state index contributed by atoms with van der Waals surface area (Å²) in [5, 5.41) is 3.75. The summed E-state index contributed by atoms with van der Waals surface area (Å²) in [5.74, 6) is 0.770. The van der Waals surface area contributed by atoms with E-state index in [1.165, 1.54) is 0 Å². The lowest BCUT2D eigenvalue weighted by molar-refractivity contribution is 0.0248. The molecule has 2 rings (SSSR count). The molecule has 0 radical (unpaired) electrons. The average molecular weight is 228 g/mol. The highest BCUT2D eigenvalue weighted by molar-refractivity contribution is 6.29. The largest absolute Gasteiger partial charge is 0.369 e. The predicted octanol–water partition coefficient (Wildman–Crippen LogP) is 1.35. The predicted molar refractivity (Wildman–Crippen MR) is 58.0 cm³/mol. The lowest BCUT2D eigenvalue weighted by Gasteiger charge is -2.23. The van der Waals surface area contributed by atoms with Crippen LogP contribution in [0.5, 0.6) is 0 Å². The average Bonchev–Trinajstić information content (AvgIpc) is 2.29.